The van der Waals surface area contributed by atoms with Crippen LogP contribution in [0.2, 0.25) is 65.0 Å². The van der Waals surface area contributed by atoms with Crippen molar-refractivity contribution in [3.8, 4) is 0 Å². The van der Waals surface area contributed by atoms with Crippen molar-refractivity contribution in [1.82, 2.24) is 0 Å². The zero-order valence-corrected chi connectivity index (χ0v) is 19.8. The Bertz CT molecular complexity index is 269. The second-order valence-electron chi connectivity index (χ2n) is 9.30. The molecule has 0 N–H and O–H groups in total. The van der Waals surface area contributed by atoms with E-state index in [4.69, 9.17) is 11.6 Å². The van der Waals surface area contributed by atoms with E-state index in [0.29, 0.717) is 4.62 Å². The number of hydrogen-bond acceptors (Lipinski definition) is 0. The molecule has 1 unspecified atom stereocenters. The summed E-state index contributed by atoms with van der Waals surface area (Å²) in [6, 6.07) is 1.51. The molecule has 0 radical (unpaired) electrons. The molecule has 5 heteroatoms. The van der Waals surface area contributed by atoms with Crippen LogP contribution in [0.1, 0.15) is 19.8 Å². The van der Waals surface area contributed by atoms with Gasteiger partial charge < -0.3 is 0 Å². The number of hydrogen-bond donors (Lipinski definition) is 0. The van der Waals surface area contributed by atoms with Crippen LogP contribution >= 0.6 is 11.6 Å². The minimum absolute atomic E-state index is 0.574. The number of rotatable bonds is 7. The highest BCUT2D eigenvalue weighted by Gasteiger charge is 2.60. The van der Waals surface area contributed by atoms with Crippen LogP contribution in [0, 0.1) is 0 Å². The van der Waals surface area contributed by atoms with Crippen molar-refractivity contribution in [3.63, 3.8) is 0 Å². The fourth-order valence-electron chi connectivity index (χ4n) is 3.96. The summed E-state index contributed by atoms with van der Waals surface area (Å²) < 4.78 is 0.574. The first-order valence-corrected chi connectivity index (χ1v) is 23.2. The second-order valence-corrected chi connectivity index (χ2v) is 44.2. The summed E-state index contributed by atoms with van der Waals surface area (Å²) in [6.07, 6.45) is 2.74. The molecule has 1 atom stereocenters. The normalized spacial score (nSPS) is 16.6. The van der Waals surface area contributed by atoms with Crippen molar-refractivity contribution >= 4 is 42.0 Å². The number of unbranched alkanes of at least 4 members (excludes halogenated alkanes) is 1. The van der Waals surface area contributed by atoms with Gasteiger partial charge in [0.05, 0.1) is 15.2 Å². The van der Waals surface area contributed by atoms with E-state index in [1.54, 1.807) is 0 Å². The SMILES string of the molecule is CCCC[Si](C(Cl)[Si](C)(C)C)([Si](C)(C)C)[Si](C)(C)C. The zero-order valence-electron chi connectivity index (χ0n) is 15.1. The van der Waals surface area contributed by atoms with Crippen LogP contribution in [0.15, 0.2) is 0 Å². The third kappa shape index (κ3) is 4.31. The fraction of sp³-hybridized carbons (Fsp3) is 1.00. The maximum atomic E-state index is 7.28. The molecule has 19 heavy (non-hydrogen) atoms. The predicted octanol–water partition coefficient (Wildman–Crippen LogP) is 6.09. The van der Waals surface area contributed by atoms with Crippen molar-refractivity contribution in [2.75, 3.05) is 0 Å². The van der Waals surface area contributed by atoms with Crippen molar-refractivity contribution in [2.24, 2.45) is 0 Å². The van der Waals surface area contributed by atoms with Gasteiger partial charge in [0.1, 0.15) is 0 Å². The molecule has 0 aliphatic heterocycles. The Morgan fingerprint density at radius 2 is 1.16 bits per heavy atom. The third-order valence-corrected chi connectivity index (χ3v) is 56.5. The Morgan fingerprint density at radius 3 is 1.37 bits per heavy atom. The topological polar surface area (TPSA) is 0 Å². The van der Waals surface area contributed by atoms with Gasteiger partial charge in [-0.25, -0.2) is 0 Å². The molecule has 0 fully saturated rings. The standard InChI is InChI=1S/C14H37ClSi4/c1-11-12-13-19(17(5,6)7,18(8,9)10)14(15)16(2,3)4/h14H,11-13H2,1-10H3. The van der Waals surface area contributed by atoms with E-state index in [1.165, 1.54) is 18.9 Å². The van der Waals surface area contributed by atoms with Crippen LogP contribution in [0.25, 0.3) is 0 Å². The first kappa shape index (κ1) is 20.2. The van der Waals surface area contributed by atoms with Gasteiger partial charge in [-0.15, -0.1) is 11.6 Å². The van der Waals surface area contributed by atoms with E-state index in [-0.39, 0.29) is 0 Å². The summed E-state index contributed by atoms with van der Waals surface area (Å²) in [5, 5.41) is 0. The van der Waals surface area contributed by atoms with Crippen molar-refractivity contribution < 1.29 is 0 Å². The highest BCUT2D eigenvalue weighted by molar-refractivity contribution is 7.71. The highest BCUT2D eigenvalue weighted by atomic mass is 35.5. The highest BCUT2D eigenvalue weighted by Crippen LogP contribution is 2.42. The molecular weight excluding hydrogens is 316 g/mol. The van der Waals surface area contributed by atoms with Crippen LogP contribution in [0.4, 0.5) is 0 Å². The molecule has 0 nitrogen and oxygen atoms in total. The lowest BCUT2D eigenvalue weighted by Crippen LogP contribution is -2.79. The maximum Gasteiger partial charge on any atom is 0.0606 e. The van der Waals surface area contributed by atoms with Gasteiger partial charge in [-0.1, -0.05) is 84.7 Å². The van der Waals surface area contributed by atoms with Gasteiger partial charge in [-0.2, -0.15) is 0 Å². The molecule has 116 valence electrons. The smallest absolute Gasteiger partial charge is 0.0606 e. The lowest BCUT2D eigenvalue weighted by atomic mass is 10.4. The number of halogens is 1. The average molecular weight is 353 g/mol. The molecule has 0 saturated heterocycles. The van der Waals surface area contributed by atoms with Gasteiger partial charge in [0.2, 0.25) is 0 Å². The monoisotopic (exact) mass is 352 g/mol. The van der Waals surface area contributed by atoms with Gasteiger partial charge >= 0.3 is 0 Å². The molecule has 0 aromatic rings. The summed E-state index contributed by atoms with van der Waals surface area (Å²) in [4.78, 5) is 0. The molecule has 0 rings (SSSR count). The minimum Gasteiger partial charge on any atom is -0.130 e. The first-order valence-electron chi connectivity index (χ1n) is 7.86. The summed E-state index contributed by atoms with van der Waals surface area (Å²) in [5.74, 6) is 0. The van der Waals surface area contributed by atoms with Gasteiger partial charge in [0.25, 0.3) is 0 Å². The van der Waals surface area contributed by atoms with E-state index in [9.17, 15) is 0 Å². The lowest BCUT2D eigenvalue weighted by Gasteiger charge is -2.56. The molecule has 0 amide bonds. The Balaban J connectivity index is 5.93. The van der Waals surface area contributed by atoms with Crippen LogP contribution in [-0.2, 0) is 0 Å². The summed E-state index contributed by atoms with van der Waals surface area (Å²) in [6.45, 7) is 25.6. The van der Waals surface area contributed by atoms with Crippen molar-refractivity contribution in [3.05, 3.63) is 0 Å². The zero-order chi connectivity index (χ0) is 15.7. The quantitative estimate of drug-likeness (QED) is 0.384. The summed E-state index contributed by atoms with van der Waals surface area (Å²) in [5.41, 5.74) is 0. The van der Waals surface area contributed by atoms with E-state index in [2.05, 4.69) is 65.8 Å². The van der Waals surface area contributed by atoms with E-state index in [0.717, 1.165) is 0 Å². The van der Waals surface area contributed by atoms with Gasteiger partial charge in [0, 0.05) is 19.8 Å². The average Bonchev–Trinajstić information content (AvgIpc) is 2.12. The van der Waals surface area contributed by atoms with Gasteiger partial charge in [0.15, 0.2) is 0 Å². The van der Waals surface area contributed by atoms with E-state index >= 15 is 0 Å². The Labute approximate surface area is 131 Å². The molecule has 0 bridgehead atoms. The maximum absolute atomic E-state index is 7.28. The number of alkyl halides is 1. The Hall–Kier alpha value is 1.16. The summed E-state index contributed by atoms with van der Waals surface area (Å²) >= 11 is 7.28. The molecule has 0 heterocycles. The lowest BCUT2D eigenvalue weighted by molar-refractivity contribution is 0.872. The largest absolute Gasteiger partial charge is 0.130 e. The Morgan fingerprint density at radius 1 is 0.789 bits per heavy atom. The van der Waals surface area contributed by atoms with Crippen LogP contribution in [0.3, 0.4) is 0 Å². The first-order chi connectivity index (χ1) is 8.22. The van der Waals surface area contributed by atoms with Crippen LogP contribution in [-0.4, -0.2) is 35.0 Å². The predicted molar refractivity (Wildman–Crippen MR) is 105 cm³/mol. The molecule has 0 aromatic carbocycles. The second kappa shape index (κ2) is 6.51. The molecule has 0 aliphatic carbocycles. The minimum atomic E-state index is -1.35. The Kier molecular flexibility index (Phi) is 6.90. The van der Waals surface area contributed by atoms with E-state index < -0.39 is 30.4 Å². The van der Waals surface area contributed by atoms with Crippen LogP contribution in [0.5, 0.6) is 0 Å². The molecule has 0 aromatic heterocycles. The third-order valence-electron chi connectivity index (χ3n) is 4.79. The fourth-order valence-corrected chi connectivity index (χ4v) is 75.7. The molecule has 0 aliphatic rings. The van der Waals surface area contributed by atoms with Gasteiger partial charge in [-0.3, -0.25) is 0 Å². The van der Waals surface area contributed by atoms with Crippen molar-refractivity contribution in [2.45, 2.75) is 89.4 Å². The summed E-state index contributed by atoms with van der Waals surface area (Å²) in [7, 11) is -4.98. The van der Waals surface area contributed by atoms with Crippen molar-refractivity contribution in [1.29, 1.82) is 0 Å². The molecule has 0 saturated carbocycles. The molecular formula is C14H37ClSi4. The van der Waals surface area contributed by atoms with Gasteiger partial charge in [-0.05, 0) is 0 Å². The van der Waals surface area contributed by atoms with Crippen LogP contribution < -0.4 is 0 Å². The molecule has 0 spiro atoms. The van der Waals surface area contributed by atoms with E-state index in [1.807, 2.05) is 0 Å².